The van der Waals surface area contributed by atoms with Crippen LogP contribution in [0.3, 0.4) is 0 Å². The lowest BCUT2D eigenvalue weighted by molar-refractivity contribution is -0.895. The molecule has 0 radical (unpaired) electrons. The summed E-state index contributed by atoms with van der Waals surface area (Å²) in [5, 5.41) is 2.87. The van der Waals surface area contributed by atoms with Crippen molar-refractivity contribution < 1.29 is 22.8 Å². The first-order valence-corrected chi connectivity index (χ1v) is 11.6. The molecular weight excluding hydrogens is 402 g/mol. The van der Waals surface area contributed by atoms with Crippen LogP contribution in [0.1, 0.15) is 25.3 Å². The first kappa shape index (κ1) is 22.3. The van der Waals surface area contributed by atoms with Crippen molar-refractivity contribution in [2.24, 2.45) is 0 Å². The van der Waals surface area contributed by atoms with Crippen molar-refractivity contribution in [3.63, 3.8) is 0 Å². The normalized spacial score (nSPS) is 15.9. The predicted octanol–water partition coefficient (Wildman–Crippen LogP) is 1.35. The van der Waals surface area contributed by atoms with E-state index in [9.17, 15) is 13.2 Å². The van der Waals surface area contributed by atoms with Gasteiger partial charge < -0.3 is 15.0 Å². The van der Waals surface area contributed by atoms with Gasteiger partial charge in [0.15, 0.2) is 6.54 Å². The average Bonchev–Trinajstić information content (AvgIpc) is 2.74. The molecule has 0 unspecified atom stereocenters. The number of amides is 1. The van der Waals surface area contributed by atoms with Gasteiger partial charge in [-0.1, -0.05) is 32.0 Å². The van der Waals surface area contributed by atoms with Crippen LogP contribution in [0.15, 0.2) is 53.4 Å². The Morgan fingerprint density at radius 1 is 1.13 bits per heavy atom. The lowest BCUT2D eigenvalue weighted by Crippen LogP contribution is -3.15. The summed E-state index contributed by atoms with van der Waals surface area (Å²) < 4.78 is 32.5. The minimum Gasteiger partial charge on any atom is -0.497 e. The zero-order valence-corrected chi connectivity index (χ0v) is 18.5. The fraction of sp³-hybridized carbons (Fsp3) is 0.409. The summed E-state index contributed by atoms with van der Waals surface area (Å²) in [5.41, 5.74) is 1.80. The fourth-order valence-electron chi connectivity index (χ4n) is 3.53. The molecule has 1 aliphatic heterocycles. The van der Waals surface area contributed by atoms with Crippen LogP contribution in [-0.4, -0.2) is 58.5 Å². The van der Waals surface area contributed by atoms with E-state index in [1.165, 1.54) is 4.31 Å². The number of methoxy groups -OCH3 is 1. The van der Waals surface area contributed by atoms with E-state index in [1.807, 2.05) is 30.3 Å². The molecule has 2 aromatic rings. The van der Waals surface area contributed by atoms with E-state index in [-0.39, 0.29) is 5.91 Å². The highest BCUT2D eigenvalue weighted by molar-refractivity contribution is 7.89. The lowest BCUT2D eigenvalue weighted by Gasteiger charge is -2.31. The molecule has 3 rings (SSSR count). The monoisotopic (exact) mass is 432 g/mol. The van der Waals surface area contributed by atoms with Gasteiger partial charge in [-0.15, -0.1) is 0 Å². The van der Waals surface area contributed by atoms with E-state index in [2.05, 4.69) is 19.2 Å². The highest BCUT2D eigenvalue weighted by Crippen LogP contribution is 2.20. The van der Waals surface area contributed by atoms with Crippen molar-refractivity contribution >= 4 is 21.6 Å². The van der Waals surface area contributed by atoms with Crippen LogP contribution >= 0.6 is 0 Å². The molecule has 2 N–H and O–H groups in total. The number of anilines is 1. The zero-order valence-electron chi connectivity index (χ0n) is 17.7. The molecule has 1 aliphatic rings. The number of nitrogens with zero attached hydrogens (tertiary/aromatic N) is 1. The van der Waals surface area contributed by atoms with E-state index < -0.39 is 10.0 Å². The highest BCUT2D eigenvalue weighted by Gasteiger charge is 2.31. The molecule has 1 saturated heterocycles. The summed E-state index contributed by atoms with van der Waals surface area (Å²) >= 11 is 0. The molecule has 0 bridgehead atoms. The van der Waals surface area contributed by atoms with Gasteiger partial charge in [0, 0.05) is 11.8 Å². The maximum absolute atomic E-state index is 12.9. The third kappa shape index (κ3) is 5.38. The average molecular weight is 433 g/mol. The van der Waals surface area contributed by atoms with Crippen LogP contribution in [-0.2, 0) is 14.8 Å². The molecule has 8 heteroatoms. The number of benzene rings is 2. The zero-order chi connectivity index (χ0) is 21.7. The van der Waals surface area contributed by atoms with Crippen LogP contribution in [0.5, 0.6) is 5.75 Å². The molecule has 0 atom stereocenters. The van der Waals surface area contributed by atoms with Crippen LogP contribution in [0.4, 0.5) is 5.69 Å². The number of hydrogen-bond acceptors (Lipinski definition) is 4. The largest absolute Gasteiger partial charge is 0.497 e. The number of carbonyl (C=O) groups excluding carboxylic acids is 1. The van der Waals surface area contributed by atoms with E-state index in [1.54, 1.807) is 25.3 Å². The molecule has 0 aliphatic carbocycles. The minimum atomic E-state index is -3.51. The summed E-state index contributed by atoms with van der Waals surface area (Å²) in [5.74, 6) is 0.941. The Morgan fingerprint density at radius 3 is 2.40 bits per heavy atom. The SMILES string of the molecule is COc1cccc(NC(=O)C[NH+]2CCN(S(=O)(=O)c3ccc(C(C)C)cc3)CC2)c1. The maximum Gasteiger partial charge on any atom is 0.279 e. The number of quaternary nitrogens is 1. The number of piperazine rings is 1. The van der Waals surface area contributed by atoms with Gasteiger partial charge in [-0.05, 0) is 35.7 Å². The number of sulfonamides is 1. The van der Waals surface area contributed by atoms with Crippen LogP contribution in [0.2, 0.25) is 0 Å². The third-order valence-electron chi connectivity index (χ3n) is 5.38. The van der Waals surface area contributed by atoms with Gasteiger partial charge >= 0.3 is 0 Å². The molecule has 162 valence electrons. The fourth-order valence-corrected chi connectivity index (χ4v) is 4.97. The van der Waals surface area contributed by atoms with Gasteiger partial charge in [0.1, 0.15) is 5.75 Å². The summed E-state index contributed by atoms with van der Waals surface area (Å²) in [7, 11) is -1.93. The van der Waals surface area contributed by atoms with Crippen molar-refractivity contribution in [2.45, 2.75) is 24.7 Å². The first-order chi connectivity index (χ1) is 14.3. The lowest BCUT2D eigenvalue weighted by atomic mass is 10.0. The van der Waals surface area contributed by atoms with Gasteiger partial charge in [0.05, 0.1) is 38.2 Å². The van der Waals surface area contributed by atoms with Crippen LogP contribution in [0.25, 0.3) is 0 Å². The Bertz CT molecular complexity index is 966. The van der Waals surface area contributed by atoms with Gasteiger partial charge in [0.2, 0.25) is 10.0 Å². The van der Waals surface area contributed by atoms with Gasteiger partial charge in [-0.25, -0.2) is 8.42 Å². The standard InChI is InChI=1S/C22H29N3O4S/c1-17(2)18-7-9-21(10-8-18)30(27,28)25-13-11-24(12-14-25)16-22(26)23-19-5-4-6-20(15-19)29-3/h4-10,15,17H,11-14,16H2,1-3H3,(H,23,26)/p+1. The van der Waals surface area contributed by atoms with E-state index in [0.717, 1.165) is 10.5 Å². The molecule has 0 spiro atoms. The van der Waals surface area contributed by atoms with E-state index in [4.69, 9.17) is 4.74 Å². The van der Waals surface area contributed by atoms with Crippen molar-refractivity contribution in [1.82, 2.24) is 4.31 Å². The molecule has 0 saturated carbocycles. The molecule has 1 fully saturated rings. The maximum atomic E-state index is 12.9. The van der Waals surface area contributed by atoms with Crippen molar-refractivity contribution in [1.29, 1.82) is 0 Å². The number of hydrogen-bond donors (Lipinski definition) is 2. The summed E-state index contributed by atoms with van der Waals surface area (Å²) in [6.45, 7) is 6.44. The van der Waals surface area contributed by atoms with Gasteiger partial charge in [-0.3, -0.25) is 4.79 Å². The second-order valence-corrected chi connectivity index (χ2v) is 9.77. The Hall–Kier alpha value is -2.42. The second-order valence-electron chi connectivity index (χ2n) is 7.83. The number of ether oxygens (including phenoxy) is 1. The molecule has 1 heterocycles. The van der Waals surface area contributed by atoms with Crippen molar-refractivity contribution in [3.8, 4) is 5.75 Å². The number of rotatable bonds is 7. The Balaban J connectivity index is 1.54. The third-order valence-corrected chi connectivity index (χ3v) is 7.29. The second kappa shape index (κ2) is 9.59. The van der Waals surface area contributed by atoms with Crippen molar-refractivity contribution in [3.05, 3.63) is 54.1 Å². The topological polar surface area (TPSA) is 80.2 Å². The molecule has 2 aromatic carbocycles. The molecule has 0 aromatic heterocycles. The number of carbonyl (C=O) groups is 1. The van der Waals surface area contributed by atoms with Gasteiger partial charge in [0.25, 0.3) is 5.91 Å². The molecule has 7 nitrogen and oxygen atoms in total. The summed E-state index contributed by atoms with van der Waals surface area (Å²) in [6, 6.07) is 14.3. The Kier molecular flexibility index (Phi) is 7.12. The first-order valence-electron chi connectivity index (χ1n) is 10.2. The van der Waals surface area contributed by atoms with Crippen LogP contribution in [0, 0.1) is 0 Å². The molecular formula is C22H30N3O4S+. The Morgan fingerprint density at radius 2 is 1.80 bits per heavy atom. The smallest absolute Gasteiger partial charge is 0.279 e. The summed E-state index contributed by atoms with van der Waals surface area (Å²) in [4.78, 5) is 13.8. The quantitative estimate of drug-likeness (QED) is 0.692. The van der Waals surface area contributed by atoms with Gasteiger partial charge in [-0.2, -0.15) is 4.31 Å². The van der Waals surface area contributed by atoms with Crippen LogP contribution < -0.4 is 15.0 Å². The highest BCUT2D eigenvalue weighted by atomic mass is 32.2. The van der Waals surface area contributed by atoms with E-state index in [0.29, 0.717) is 55.0 Å². The Labute approximate surface area is 178 Å². The molecule has 30 heavy (non-hydrogen) atoms. The predicted molar refractivity (Wildman–Crippen MR) is 116 cm³/mol. The van der Waals surface area contributed by atoms with Crippen molar-refractivity contribution in [2.75, 3.05) is 45.2 Å². The minimum absolute atomic E-state index is 0.0983. The van der Waals surface area contributed by atoms with E-state index >= 15 is 0 Å². The molecule has 1 amide bonds. The summed E-state index contributed by atoms with van der Waals surface area (Å²) in [6.07, 6.45) is 0. The number of nitrogens with one attached hydrogen (secondary N) is 2.